The molecule has 0 bridgehead atoms. The Balaban J connectivity index is 3.48. The minimum atomic E-state index is -1.60. The van der Waals surface area contributed by atoms with Gasteiger partial charge in [-0.05, 0) is 26.0 Å². The van der Waals surface area contributed by atoms with Crippen molar-refractivity contribution in [1.82, 2.24) is 0 Å². The van der Waals surface area contributed by atoms with Gasteiger partial charge in [-0.25, -0.2) is 9.69 Å². The van der Waals surface area contributed by atoms with Gasteiger partial charge in [0.1, 0.15) is 0 Å². The molecule has 24 heavy (non-hydrogen) atoms. The molecule has 1 aromatic carbocycles. The van der Waals surface area contributed by atoms with Crippen molar-refractivity contribution in [2.45, 2.75) is 26.5 Å². The quantitative estimate of drug-likeness (QED) is 0.537. The third-order valence-corrected chi connectivity index (χ3v) is 3.34. The summed E-state index contributed by atoms with van der Waals surface area (Å²) in [6, 6.07) is 12.7. The maximum Gasteiger partial charge on any atom is 0.416 e. The standard InChI is InChI=1S/C18H21N3O3/c1-4-12-18(13-19,14-20)16(23-5-2)21(17(22)24-6-3)15-10-8-7-9-11-15/h4,7-11,16H,1,5-6,12H2,2-3H3. The first-order valence-corrected chi connectivity index (χ1v) is 7.66. The van der Waals surface area contributed by atoms with Crippen LogP contribution in [0.1, 0.15) is 20.3 Å². The van der Waals surface area contributed by atoms with Crippen molar-refractivity contribution in [3.8, 4) is 12.1 Å². The number of carbonyl (C=O) groups is 1. The van der Waals surface area contributed by atoms with E-state index in [9.17, 15) is 15.3 Å². The van der Waals surface area contributed by atoms with Crippen LogP contribution in [0.15, 0.2) is 43.0 Å². The largest absolute Gasteiger partial charge is 0.449 e. The first-order chi connectivity index (χ1) is 11.6. The molecule has 0 heterocycles. The van der Waals surface area contributed by atoms with Crippen LogP contribution < -0.4 is 4.90 Å². The van der Waals surface area contributed by atoms with E-state index in [2.05, 4.69) is 6.58 Å². The molecule has 0 fully saturated rings. The SMILES string of the molecule is C=CCC(C#N)(C#N)C(OCC)N(C(=O)OCC)c1ccccc1. The number of nitrogens with zero attached hydrogens (tertiary/aromatic N) is 3. The van der Waals surface area contributed by atoms with Gasteiger partial charge in [0.15, 0.2) is 11.6 Å². The van der Waals surface area contributed by atoms with E-state index < -0.39 is 17.7 Å². The maximum absolute atomic E-state index is 12.5. The Bertz CT molecular complexity index is 617. The van der Waals surface area contributed by atoms with Crippen molar-refractivity contribution in [1.29, 1.82) is 10.5 Å². The Kier molecular flexibility index (Phi) is 7.48. The van der Waals surface area contributed by atoms with Gasteiger partial charge in [0.05, 0.1) is 18.7 Å². The Morgan fingerprint density at radius 1 is 1.29 bits per heavy atom. The molecule has 0 aliphatic rings. The molecule has 126 valence electrons. The monoisotopic (exact) mass is 327 g/mol. The number of para-hydroxylation sites is 1. The van der Waals surface area contributed by atoms with Crippen LogP contribution in [0, 0.1) is 28.1 Å². The van der Waals surface area contributed by atoms with Crippen molar-refractivity contribution in [3.63, 3.8) is 0 Å². The fourth-order valence-electron chi connectivity index (χ4n) is 2.27. The number of allylic oxidation sites excluding steroid dienone is 1. The third kappa shape index (κ3) is 4.13. The summed E-state index contributed by atoms with van der Waals surface area (Å²) in [7, 11) is 0. The van der Waals surface area contributed by atoms with E-state index in [1.165, 1.54) is 11.0 Å². The second-order valence-corrected chi connectivity index (χ2v) is 4.90. The van der Waals surface area contributed by atoms with E-state index in [4.69, 9.17) is 9.47 Å². The van der Waals surface area contributed by atoms with Crippen LogP contribution in [0.3, 0.4) is 0 Å². The predicted octanol–water partition coefficient (Wildman–Crippen LogP) is 3.62. The molecule has 1 amide bonds. The van der Waals surface area contributed by atoms with Crippen LogP contribution in [-0.2, 0) is 9.47 Å². The summed E-state index contributed by atoms with van der Waals surface area (Å²) in [4.78, 5) is 13.7. The van der Waals surface area contributed by atoms with Crippen molar-refractivity contribution < 1.29 is 14.3 Å². The molecule has 0 aromatic heterocycles. The first-order valence-electron chi connectivity index (χ1n) is 7.66. The summed E-state index contributed by atoms with van der Waals surface area (Å²) in [6.45, 7) is 7.40. The lowest BCUT2D eigenvalue weighted by Crippen LogP contribution is -2.52. The zero-order chi connectivity index (χ0) is 18.0. The van der Waals surface area contributed by atoms with Gasteiger partial charge in [-0.3, -0.25) is 0 Å². The molecule has 0 N–H and O–H groups in total. The van der Waals surface area contributed by atoms with E-state index in [1.807, 2.05) is 12.1 Å². The Morgan fingerprint density at radius 2 is 1.92 bits per heavy atom. The van der Waals surface area contributed by atoms with E-state index in [0.29, 0.717) is 5.69 Å². The average Bonchev–Trinajstić information content (AvgIpc) is 2.61. The van der Waals surface area contributed by atoms with E-state index in [-0.39, 0.29) is 19.6 Å². The summed E-state index contributed by atoms with van der Waals surface area (Å²) in [5, 5.41) is 19.3. The van der Waals surface area contributed by atoms with Gasteiger partial charge >= 0.3 is 6.09 Å². The number of anilines is 1. The van der Waals surface area contributed by atoms with Crippen LogP contribution in [0.4, 0.5) is 10.5 Å². The lowest BCUT2D eigenvalue weighted by Gasteiger charge is -2.36. The number of ether oxygens (including phenoxy) is 2. The molecule has 0 saturated carbocycles. The third-order valence-electron chi connectivity index (χ3n) is 3.34. The zero-order valence-corrected chi connectivity index (χ0v) is 13.9. The predicted molar refractivity (Wildman–Crippen MR) is 89.8 cm³/mol. The number of amides is 1. The molecule has 0 saturated heterocycles. The Labute approximate surface area is 142 Å². The normalized spacial score (nSPS) is 11.7. The van der Waals surface area contributed by atoms with Crippen molar-refractivity contribution in [2.75, 3.05) is 18.1 Å². The van der Waals surface area contributed by atoms with Crippen LogP contribution >= 0.6 is 0 Å². The zero-order valence-electron chi connectivity index (χ0n) is 13.9. The lowest BCUT2D eigenvalue weighted by molar-refractivity contribution is 0.00953. The van der Waals surface area contributed by atoms with Crippen LogP contribution in [0.5, 0.6) is 0 Å². The molecule has 0 aliphatic heterocycles. The highest BCUT2D eigenvalue weighted by Crippen LogP contribution is 2.34. The Morgan fingerprint density at radius 3 is 2.38 bits per heavy atom. The number of carbonyl (C=O) groups excluding carboxylic acids is 1. The molecule has 6 heteroatoms. The molecule has 6 nitrogen and oxygen atoms in total. The second kappa shape index (κ2) is 9.34. The molecule has 0 radical (unpaired) electrons. The molecular weight excluding hydrogens is 306 g/mol. The van der Waals surface area contributed by atoms with Crippen LogP contribution in [0.25, 0.3) is 0 Å². The minimum Gasteiger partial charge on any atom is -0.449 e. The smallest absolute Gasteiger partial charge is 0.416 e. The van der Waals surface area contributed by atoms with Crippen LogP contribution in [0.2, 0.25) is 0 Å². The van der Waals surface area contributed by atoms with Crippen molar-refractivity contribution in [2.24, 2.45) is 5.41 Å². The fraction of sp³-hybridized carbons (Fsp3) is 0.389. The van der Waals surface area contributed by atoms with Gasteiger partial charge in [-0.1, -0.05) is 24.3 Å². The summed E-state index contributed by atoms with van der Waals surface area (Å²) in [5.41, 5.74) is -1.12. The molecule has 1 aromatic rings. The van der Waals surface area contributed by atoms with E-state index in [0.717, 1.165) is 0 Å². The Hall–Kier alpha value is -2.83. The lowest BCUT2D eigenvalue weighted by atomic mass is 9.84. The number of benzene rings is 1. The van der Waals surface area contributed by atoms with Gasteiger partial charge in [-0.2, -0.15) is 10.5 Å². The van der Waals surface area contributed by atoms with Gasteiger partial charge in [0, 0.05) is 18.7 Å². The highest BCUT2D eigenvalue weighted by molar-refractivity contribution is 5.88. The molecule has 0 spiro atoms. The van der Waals surface area contributed by atoms with E-state index >= 15 is 0 Å². The van der Waals surface area contributed by atoms with Gasteiger partial charge in [-0.15, -0.1) is 6.58 Å². The average molecular weight is 327 g/mol. The summed E-state index contributed by atoms with van der Waals surface area (Å²) in [6.07, 6.45) is -0.293. The summed E-state index contributed by atoms with van der Waals surface area (Å²) >= 11 is 0. The molecule has 1 atom stereocenters. The van der Waals surface area contributed by atoms with E-state index in [1.54, 1.807) is 44.2 Å². The maximum atomic E-state index is 12.5. The fourth-order valence-corrected chi connectivity index (χ4v) is 2.27. The minimum absolute atomic E-state index is 0.0490. The highest BCUT2D eigenvalue weighted by atomic mass is 16.6. The number of hydrogen-bond acceptors (Lipinski definition) is 5. The molecule has 0 aliphatic carbocycles. The van der Waals surface area contributed by atoms with Gasteiger partial charge in [0.25, 0.3) is 0 Å². The highest BCUT2D eigenvalue weighted by Gasteiger charge is 2.46. The molecular formula is C18H21N3O3. The number of nitriles is 2. The van der Waals surface area contributed by atoms with Crippen molar-refractivity contribution >= 4 is 11.8 Å². The second-order valence-electron chi connectivity index (χ2n) is 4.90. The van der Waals surface area contributed by atoms with Crippen molar-refractivity contribution in [3.05, 3.63) is 43.0 Å². The van der Waals surface area contributed by atoms with Gasteiger partial charge in [0.2, 0.25) is 0 Å². The first kappa shape index (κ1) is 19.2. The van der Waals surface area contributed by atoms with Gasteiger partial charge < -0.3 is 9.47 Å². The number of hydrogen-bond donors (Lipinski definition) is 0. The van der Waals surface area contributed by atoms with Crippen LogP contribution in [-0.4, -0.2) is 25.5 Å². The summed E-state index contributed by atoms with van der Waals surface area (Å²) < 4.78 is 10.8. The number of rotatable bonds is 8. The topological polar surface area (TPSA) is 86.4 Å². The molecule has 1 rings (SSSR count). The summed E-state index contributed by atoms with van der Waals surface area (Å²) in [5.74, 6) is 0. The molecule has 1 unspecified atom stereocenters.